The highest BCUT2D eigenvalue weighted by Gasteiger charge is 1.88. The van der Waals surface area contributed by atoms with Crippen molar-refractivity contribution in [2.45, 2.75) is 13.0 Å². The number of aliphatic hydroxyl groups excluding tert-OH is 1. The molecule has 0 bridgehead atoms. The van der Waals surface area contributed by atoms with Crippen LogP contribution in [0, 0.1) is 6.61 Å². The summed E-state index contributed by atoms with van der Waals surface area (Å²) in [6, 6.07) is -0.301. The maximum atomic E-state index is 8.16. The fourth-order valence-corrected chi connectivity index (χ4v) is 0.272. The van der Waals surface area contributed by atoms with E-state index in [-0.39, 0.29) is 6.04 Å². The van der Waals surface area contributed by atoms with Crippen LogP contribution in [0.1, 0.15) is 6.92 Å². The Labute approximate surface area is 43.6 Å². The van der Waals surface area contributed by atoms with E-state index >= 15 is 0 Å². The first-order valence-corrected chi connectivity index (χ1v) is 2.17. The molecule has 0 aromatic rings. The number of nitrogens with two attached hydrogens (primary N) is 1. The van der Waals surface area contributed by atoms with Gasteiger partial charge in [0.1, 0.15) is 6.61 Å². The van der Waals surface area contributed by atoms with E-state index in [1.165, 1.54) is 0 Å². The van der Waals surface area contributed by atoms with E-state index in [0.717, 1.165) is 6.61 Å². The summed E-state index contributed by atoms with van der Waals surface area (Å²) in [7, 11) is 0. The number of hydrogen-bond donors (Lipinski definition) is 2. The Balaban J connectivity index is 3.16. The van der Waals surface area contributed by atoms with Crippen molar-refractivity contribution in [2.75, 3.05) is 0 Å². The normalized spacial score (nSPS) is 15.3. The number of rotatable bonds is 2. The molecule has 7 heavy (non-hydrogen) atoms. The van der Waals surface area contributed by atoms with Crippen molar-refractivity contribution >= 4 is 0 Å². The van der Waals surface area contributed by atoms with Crippen LogP contribution in [0.5, 0.6) is 0 Å². The summed E-state index contributed by atoms with van der Waals surface area (Å²) in [5, 5.41) is 8.16. The molecule has 0 spiro atoms. The molecule has 2 heteroatoms. The van der Waals surface area contributed by atoms with Gasteiger partial charge in [0.05, 0.1) is 6.04 Å². The van der Waals surface area contributed by atoms with Crippen LogP contribution in [0.25, 0.3) is 0 Å². The predicted molar refractivity (Wildman–Crippen MR) is 29.0 cm³/mol. The van der Waals surface area contributed by atoms with Crippen molar-refractivity contribution in [3.05, 3.63) is 18.8 Å². The van der Waals surface area contributed by atoms with Crippen LogP contribution in [0.4, 0.5) is 0 Å². The average molecular weight is 100 g/mol. The lowest BCUT2D eigenvalue weighted by atomic mass is 10.3. The minimum absolute atomic E-state index is 0.301. The molecule has 0 aliphatic heterocycles. The molecular weight excluding hydrogens is 90.1 g/mol. The Morgan fingerprint density at radius 1 is 1.71 bits per heavy atom. The Morgan fingerprint density at radius 3 is 2.43 bits per heavy atom. The maximum absolute atomic E-state index is 8.16. The third-order valence-electron chi connectivity index (χ3n) is 0.587. The summed E-state index contributed by atoms with van der Waals surface area (Å²) in [6.45, 7) is 2.80. The van der Waals surface area contributed by atoms with Crippen molar-refractivity contribution in [3.8, 4) is 0 Å². The molecule has 0 heterocycles. The SMILES string of the molecule is CC=CC(N)[CH]O. The second-order valence-electron chi connectivity index (χ2n) is 1.25. The standard InChI is InChI=1S/C5H10NO/c1-2-3-5(6)4-7/h2-5,7H,6H2,1H3. The van der Waals surface area contributed by atoms with Gasteiger partial charge in [-0.25, -0.2) is 0 Å². The lowest BCUT2D eigenvalue weighted by Crippen LogP contribution is -2.16. The summed E-state index contributed by atoms with van der Waals surface area (Å²) in [4.78, 5) is 0. The smallest absolute Gasteiger partial charge is 0.100 e. The molecule has 0 aromatic carbocycles. The van der Waals surface area contributed by atoms with Crippen LogP contribution in [-0.4, -0.2) is 11.1 Å². The van der Waals surface area contributed by atoms with Gasteiger partial charge in [0.15, 0.2) is 0 Å². The zero-order valence-electron chi connectivity index (χ0n) is 4.33. The van der Waals surface area contributed by atoms with Crippen LogP contribution in [0.2, 0.25) is 0 Å². The fourth-order valence-electron chi connectivity index (χ4n) is 0.272. The van der Waals surface area contributed by atoms with Crippen LogP contribution < -0.4 is 5.73 Å². The Morgan fingerprint density at radius 2 is 2.29 bits per heavy atom. The first-order valence-electron chi connectivity index (χ1n) is 2.17. The van der Waals surface area contributed by atoms with Crippen LogP contribution in [0.15, 0.2) is 12.2 Å². The Bertz CT molecular complexity index is 61.1. The number of allylic oxidation sites excluding steroid dienone is 1. The molecule has 0 rings (SSSR count). The molecule has 0 aromatic heterocycles. The Hall–Kier alpha value is -0.340. The van der Waals surface area contributed by atoms with Gasteiger partial charge in [-0.2, -0.15) is 0 Å². The van der Waals surface area contributed by atoms with Gasteiger partial charge in [0.25, 0.3) is 0 Å². The first kappa shape index (κ1) is 6.66. The van der Waals surface area contributed by atoms with E-state index in [2.05, 4.69) is 0 Å². The van der Waals surface area contributed by atoms with Crippen LogP contribution in [0.3, 0.4) is 0 Å². The first-order chi connectivity index (χ1) is 3.31. The molecule has 1 unspecified atom stereocenters. The molecule has 0 fully saturated rings. The van der Waals surface area contributed by atoms with E-state index in [1.807, 2.05) is 6.92 Å². The zero-order valence-corrected chi connectivity index (χ0v) is 4.33. The van der Waals surface area contributed by atoms with Gasteiger partial charge in [-0.05, 0) is 6.92 Å². The van der Waals surface area contributed by atoms with Gasteiger partial charge in [0.2, 0.25) is 0 Å². The summed E-state index contributed by atoms with van der Waals surface area (Å²) < 4.78 is 0. The van der Waals surface area contributed by atoms with Crippen LogP contribution in [-0.2, 0) is 0 Å². The summed E-state index contributed by atoms with van der Waals surface area (Å²) in [5.74, 6) is 0. The van der Waals surface area contributed by atoms with Crippen molar-refractivity contribution < 1.29 is 5.11 Å². The molecular formula is C5H10NO. The van der Waals surface area contributed by atoms with E-state index in [9.17, 15) is 0 Å². The van der Waals surface area contributed by atoms with Gasteiger partial charge in [-0.1, -0.05) is 12.2 Å². The molecule has 1 atom stereocenters. The summed E-state index contributed by atoms with van der Waals surface area (Å²) in [5.41, 5.74) is 5.19. The molecule has 0 aliphatic carbocycles. The average Bonchev–Trinajstić information content (AvgIpc) is 1.68. The topological polar surface area (TPSA) is 46.2 Å². The summed E-state index contributed by atoms with van der Waals surface area (Å²) in [6.07, 6.45) is 3.48. The van der Waals surface area contributed by atoms with Crippen molar-refractivity contribution in [3.63, 3.8) is 0 Å². The molecule has 0 amide bonds. The third-order valence-corrected chi connectivity index (χ3v) is 0.587. The molecule has 41 valence electrons. The maximum Gasteiger partial charge on any atom is 0.100 e. The second-order valence-corrected chi connectivity index (χ2v) is 1.25. The quantitative estimate of drug-likeness (QED) is 0.494. The molecule has 3 N–H and O–H groups in total. The van der Waals surface area contributed by atoms with E-state index in [4.69, 9.17) is 10.8 Å². The molecule has 0 saturated heterocycles. The van der Waals surface area contributed by atoms with Crippen molar-refractivity contribution in [2.24, 2.45) is 5.73 Å². The molecule has 1 radical (unpaired) electrons. The van der Waals surface area contributed by atoms with Crippen molar-refractivity contribution in [1.82, 2.24) is 0 Å². The van der Waals surface area contributed by atoms with Gasteiger partial charge in [-0.15, -0.1) is 0 Å². The highest BCUT2D eigenvalue weighted by atomic mass is 16.3. The Kier molecular flexibility index (Phi) is 3.65. The van der Waals surface area contributed by atoms with E-state index < -0.39 is 0 Å². The summed E-state index contributed by atoms with van der Waals surface area (Å²) >= 11 is 0. The number of aliphatic hydroxyl groups is 1. The number of hydrogen-bond acceptors (Lipinski definition) is 2. The van der Waals surface area contributed by atoms with E-state index in [0.29, 0.717) is 0 Å². The van der Waals surface area contributed by atoms with Crippen molar-refractivity contribution in [1.29, 1.82) is 0 Å². The minimum Gasteiger partial charge on any atom is -0.388 e. The molecule has 2 nitrogen and oxygen atoms in total. The molecule has 0 saturated carbocycles. The highest BCUT2D eigenvalue weighted by molar-refractivity contribution is 4.92. The lowest BCUT2D eigenvalue weighted by Gasteiger charge is -1.94. The predicted octanol–water partition coefficient (Wildman–Crippen LogP) is 0.424. The van der Waals surface area contributed by atoms with Crippen LogP contribution >= 0.6 is 0 Å². The highest BCUT2D eigenvalue weighted by Crippen LogP contribution is 1.81. The largest absolute Gasteiger partial charge is 0.388 e. The third kappa shape index (κ3) is 3.49. The van der Waals surface area contributed by atoms with Gasteiger partial charge < -0.3 is 10.8 Å². The van der Waals surface area contributed by atoms with Gasteiger partial charge in [0, 0.05) is 0 Å². The zero-order chi connectivity index (χ0) is 5.70. The van der Waals surface area contributed by atoms with Gasteiger partial charge in [-0.3, -0.25) is 0 Å². The lowest BCUT2D eigenvalue weighted by molar-refractivity contribution is 0.370. The monoisotopic (exact) mass is 100 g/mol. The van der Waals surface area contributed by atoms with Gasteiger partial charge >= 0.3 is 0 Å². The fraction of sp³-hybridized carbons (Fsp3) is 0.400. The second kappa shape index (κ2) is 3.84. The van der Waals surface area contributed by atoms with E-state index in [1.54, 1.807) is 12.2 Å². The molecule has 0 aliphatic rings. The minimum atomic E-state index is -0.301.